The van der Waals surface area contributed by atoms with Crippen molar-refractivity contribution >= 4 is 17.5 Å². The van der Waals surface area contributed by atoms with Crippen LogP contribution in [0.4, 0.5) is 0 Å². The summed E-state index contributed by atoms with van der Waals surface area (Å²) in [5.41, 5.74) is 1.18. The molecule has 1 aliphatic carbocycles. The van der Waals surface area contributed by atoms with Gasteiger partial charge in [0.25, 0.3) is 0 Å². The van der Waals surface area contributed by atoms with Crippen molar-refractivity contribution in [1.82, 2.24) is 9.80 Å². The number of piperazine rings is 1. The van der Waals surface area contributed by atoms with Crippen molar-refractivity contribution in [3.63, 3.8) is 0 Å². The molecule has 1 N–H and O–H groups in total. The number of hydrogen-bond acceptors (Lipinski definition) is 3. The monoisotopic (exact) mass is 322 g/mol. The third-order valence-electron chi connectivity index (χ3n) is 4.59. The second-order valence-corrected chi connectivity index (χ2v) is 6.92. The van der Waals surface area contributed by atoms with Crippen molar-refractivity contribution in [2.75, 3.05) is 32.7 Å². The van der Waals surface area contributed by atoms with Gasteiger partial charge in [0.05, 0.1) is 6.10 Å². The van der Waals surface area contributed by atoms with Gasteiger partial charge < -0.3 is 10.0 Å². The lowest BCUT2D eigenvalue weighted by Crippen LogP contribution is -2.50. The number of aliphatic hydroxyl groups excluding tert-OH is 1. The smallest absolute Gasteiger partial charge is 0.226 e. The summed E-state index contributed by atoms with van der Waals surface area (Å²) < 4.78 is 0. The number of nitrogens with zero attached hydrogens (tertiary/aromatic N) is 2. The highest BCUT2D eigenvalue weighted by molar-refractivity contribution is 6.30. The Labute approximate surface area is 136 Å². The van der Waals surface area contributed by atoms with Crippen LogP contribution in [0.25, 0.3) is 0 Å². The number of carbonyl (C=O) groups excluding carboxylic acids is 1. The summed E-state index contributed by atoms with van der Waals surface area (Å²) in [7, 11) is 0. The lowest BCUT2D eigenvalue weighted by atomic mass is 10.1. The molecule has 2 aliphatic rings. The Kier molecular flexibility index (Phi) is 4.71. The number of halogens is 1. The van der Waals surface area contributed by atoms with Crippen molar-refractivity contribution in [2.45, 2.75) is 25.4 Å². The van der Waals surface area contributed by atoms with Crippen LogP contribution in [0.15, 0.2) is 24.3 Å². The van der Waals surface area contributed by atoms with Crippen LogP contribution in [0.2, 0.25) is 5.02 Å². The Bertz CT molecular complexity index is 541. The minimum atomic E-state index is -0.308. The summed E-state index contributed by atoms with van der Waals surface area (Å²) in [6.45, 7) is 5.74. The molecule has 0 aromatic heterocycles. The van der Waals surface area contributed by atoms with Gasteiger partial charge in [0.2, 0.25) is 5.91 Å². The standard InChI is InChI=1S/C17H23ClN2O2/c1-12(21)11-19-5-7-20(8-6-19)17(22)16-10-15(16)13-3-2-4-14(18)9-13/h2-4,9,12,15-16,21H,5-8,10-11H2,1H3/t12-,15+,16-/m0/s1. The van der Waals surface area contributed by atoms with Crippen LogP contribution in [0.5, 0.6) is 0 Å². The van der Waals surface area contributed by atoms with Crippen LogP contribution in [0.3, 0.4) is 0 Å². The summed E-state index contributed by atoms with van der Waals surface area (Å²) in [4.78, 5) is 16.8. The molecule has 1 saturated carbocycles. The summed E-state index contributed by atoms with van der Waals surface area (Å²) >= 11 is 6.03. The SMILES string of the molecule is C[C@H](O)CN1CCN(C(=O)[C@H]2C[C@@H]2c2cccc(Cl)c2)CC1. The van der Waals surface area contributed by atoms with Crippen molar-refractivity contribution in [3.05, 3.63) is 34.9 Å². The van der Waals surface area contributed by atoms with Gasteiger partial charge in [0.1, 0.15) is 0 Å². The fourth-order valence-electron chi connectivity index (χ4n) is 3.33. The van der Waals surface area contributed by atoms with Gasteiger partial charge >= 0.3 is 0 Å². The molecular formula is C17H23ClN2O2. The molecule has 1 amide bonds. The Balaban J connectivity index is 1.52. The zero-order valence-electron chi connectivity index (χ0n) is 12.9. The molecule has 3 rings (SSSR count). The summed E-state index contributed by atoms with van der Waals surface area (Å²) in [6, 6.07) is 7.85. The van der Waals surface area contributed by atoms with Gasteiger partial charge in [-0.25, -0.2) is 0 Å². The number of amides is 1. The second kappa shape index (κ2) is 6.57. The van der Waals surface area contributed by atoms with E-state index in [0.717, 1.165) is 37.6 Å². The van der Waals surface area contributed by atoms with Gasteiger partial charge in [-0.1, -0.05) is 23.7 Å². The quantitative estimate of drug-likeness (QED) is 0.921. The average Bonchev–Trinajstić information content (AvgIpc) is 3.27. The Morgan fingerprint density at radius 3 is 2.73 bits per heavy atom. The van der Waals surface area contributed by atoms with E-state index in [0.29, 0.717) is 12.5 Å². The predicted molar refractivity (Wildman–Crippen MR) is 87.0 cm³/mol. The first-order valence-electron chi connectivity index (χ1n) is 7.99. The molecule has 1 heterocycles. The van der Waals surface area contributed by atoms with E-state index in [1.807, 2.05) is 23.1 Å². The first kappa shape index (κ1) is 15.8. The molecule has 0 spiro atoms. The zero-order chi connectivity index (χ0) is 15.7. The van der Waals surface area contributed by atoms with Crippen LogP contribution in [0.1, 0.15) is 24.8 Å². The Hall–Kier alpha value is -1.10. The third-order valence-corrected chi connectivity index (χ3v) is 4.83. The molecule has 4 nitrogen and oxygen atoms in total. The fraction of sp³-hybridized carbons (Fsp3) is 0.588. The minimum Gasteiger partial charge on any atom is -0.392 e. The highest BCUT2D eigenvalue weighted by Gasteiger charge is 2.46. The normalized spacial score (nSPS) is 26.8. The molecule has 120 valence electrons. The molecule has 2 fully saturated rings. The number of carbonyl (C=O) groups is 1. The number of aliphatic hydroxyl groups is 1. The van der Waals surface area contributed by atoms with Crippen LogP contribution < -0.4 is 0 Å². The fourth-order valence-corrected chi connectivity index (χ4v) is 3.53. The van der Waals surface area contributed by atoms with Crippen LogP contribution >= 0.6 is 11.6 Å². The van der Waals surface area contributed by atoms with E-state index < -0.39 is 0 Å². The van der Waals surface area contributed by atoms with Crippen molar-refractivity contribution in [3.8, 4) is 0 Å². The number of benzene rings is 1. The summed E-state index contributed by atoms with van der Waals surface area (Å²) in [5, 5.41) is 10.2. The van der Waals surface area contributed by atoms with Crippen molar-refractivity contribution in [2.24, 2.45) is 5.92 Å². The van der Waals surface area contributed by atoms with E-state index in [2.05, 4.69) is 11.0 Å². The molecule has 0 bridgehead atoms. The molecule has 5 heteroatoms. The maximum Gasteiger partial charge on any atom is 0.226 e. The van der Waals surface area contributed by atoms with Crippen LogP contribution in [0, 0.1) is 5.92 Å². The van der Waals surface area contributed by atoms with Gasteiger partial charge in [0.15, 0.2) is 0 Å². The van der Waals surface area contributed by atoms with E-state index in [-0.39, 0.29) is 17.9 Å². The summed E-state index contributed by atoms with van der Waals surface area (Å²) in [6.07, 6.45) is 0.630. The first-order valence-corrected chi connectivity index (χ1v) is 8.37. The molecule has 3 atom stereocenters. The van der Waals surface area contributed by atoms with E-state index >= 15 is 0 Å². The third kappa shape index (κ3) is 3.62. The second-order valence-electron chi connectivity index (χ2n) is 6.48. The molecule has 1 saturated heterocycles. The van der Waals surface area contributed by atoms with E-state index in [1.54, 1.807) is 6.92 Å². The van der Waals surface area contributed by atoms with Gasteiger partial charge in [-0.3, -0.25) is 9.69 Å². The highest BCUT2D eigenvalue weighted by Crippen LogP contribution is 2.48. The minimum absolute atomic E-state index is 0.127. The van der Waals surface area contributed by atoms with Gasteiger partial charge in [-0.15, -0.1) is 0 Å². The lowest BCUT2D eigenvalue weighted by molar-refractivity contribution is -0.134. The molecule has 0 unspecified atom stereocenters. The van der Waals surface area contributed by atoms with Gasteiger partial charge in [-0.05, 0) is 37.0 Å². The number of β-amino-alcohol motifs (C(OH)–C–C–N with tert-alkyl or cyclic N) is 1. The molecule has 22 heavy (non-hydrogen) atoms. The van der Waals surface area contributed by atoms with Crippen molar-refractivity contribution in [1.29, 1.82) is 0 Å². The van der Waals surface area contributed by atoms with E-state index in [1.165, 1.54) is 5.56 Å². The Morgan fingerprint density at radius 1 is 1.36 bits per heavy atom. The summed E-state index contributed by atoms with van der Waals surface area (Å²) in [5.74, 6) is 0.741. The molecule has 0 radical (unpaired) electrons. The molecular weight excluding hydrogens is 300 g/mol. The zero-order valence-corrected chi connectivity index (χ0v) is 13.7. The molecule has 1 aromatic carbocycles. The topological polar surface area (TPSA) is 43.8 Å². The molecule has 1 aromatic rings. The van der Waals surface area contributed by atoms with Gasteiger partial charge in [-0.2, -0.15) is 0 Å². The van der Waals surface area contributed by atoms with E-state index in [9.17, 15) is 9.90 Å². The maximum atomic E-state index is 12.6. The van der Waals surface area contributed by atoms with Crippen molar-refractivity contribution < 1.29 is 9.90 Å². The van der Waals surface area contributed by atoms with E-state index in [4.69, 9.17) is 11.6 Å². The predicted octanol–water partition coefficient (Wildman–Crippen LogP) is 1.97. The largest absolute Gasteiger partial charge is 0.392 e. The Morgan fingerprint density at radius 2 is 2.09 bits per heavy atom. The highest BCUT2D eigenvalue weighted by atomic mass is 35.5. The molecule has 1 aliphatic heterocycles. The van der Waals surface area contributed by atoms with Crippen LogP contribution in [-0.2, 0) is 4.79 Å². The number of hydrogen-bond donors (Lipinski definition) is 1. The van der Waals surface area contributed by atoms with Crippen LogP contribution in [-0.4, -0.2) is 59.6 Å². The average molecular weight is 323 g/mol. The lowest BCUT2D eigenvalue weighted by Gasteiger charge is -2.35. The number of rotatable bonds is 4. The maximum absolute atomic E-state index is 12.6. The van der Waals surface area contributed by atoms with Gasteiger partial charge in [0, 0.05) is 43.7 Å². The first-order chi connectivity index (χ1) is 10.5.